The number of carbonyl (C=O) groups is 1. The smallest absolute Gasteiger partial charge is 0.197 e. The lowest BCUT2D eigenvalue weighted by Gasteiger charge is -2.05. The van der Waals surface area contributed by atoms with Gasteiger partial charge < -0.3 is 0 Å². The number of hydrogen-bond donors (Lipinski definition) is 0. The Labute approximate surface area is 132 Å². The van der Waals surface area contributed by atoms with Gasteiger partial charge in [-0.2, -0.15) is 0 Å². The monoisotopic (exact) mass is 368 g/mol. The highest BCUT2D eigenvalue weighted by Gasteiger charge is 2.20. The van der Waals surface area contributed by atoms with E-state index in [2.05, 4.69) is 15.9 Å². The second-order valence-corrected chi connectivity index (χ2v) is 6.34. The highest BCUT2D eigenvalue weighted by atomic mass is 79.9. The van der Waals surface area contributed by atoms with Gasteiger partial charge in [-0.25, -0.2) is 4.39 Å². The van der Waals surface area contributed by atoms with E-state index in [9.17, 15) is 9.18 Å². The maximum Gasteiger partial charge on any atom is 0.197 e. The molecule has 3 aromatic rings. The molecule has 0 spiro atoms. The summed E-state index contributed by atoms with van der Waals surface area (Å²) < 4.78 is 15.6. The molecule has 2 aromatic carbocycles. The first-order valence-electron chi connectivity index (χ1n) is 5.74. The lowest BCUT2D eigenvalue weighted by Crippen LogP contribution is -2.04. The van der Waals surface area contributed by atoms with Gasteiger partial charge in [-0.15, -0.1) is 11.3 Å². The number of carbonyl (C=O) groups excluding carboxylic acids is 1. The quantitative estimate of drug-likeness (QED) is 0.419. The summed E-state index contributed by atoms with van der Waals surface area (Å²) in [6.07, 6.45) is 0. The lowest BCUT2D eigenvalue weighted by molar-refractivity contribution is 0.103. The van der Waals surface area contributed by atoms with Crippen LogP contribution < -0.4 is 0 Å². The average Bonchev–Trinajstić information content (AvgIpc) is 2.88. The van der Waals surface area contributed by atoms with Gasteiger partial charge in [0.1, 0.15) is 0 Å². The van der Waals surface area contributed by atoms with Crippen molar-refractivity contribution in [2.24, 2.45) is 0 Å². The van der Waals surface area contributed by atoms with E-state index in [4.69, 9.17) is 11.6 Å². The second kappa shape index (κ2) is 5.28. The fourth-order valence-electron chi connectivity index (χ4n) is 2.00. The Balaban J connectivity index is 2.16. The Morgan fingerprint density at radius 3 is 2.70 bits per heavy atom. The van der Waals surface area contributed by atoms with Crippen LogP contribution in [0.5, 0.6) is 0 Å². The molecule has 1 aromatic heterocycles. The van der Waals surface area contributed by atoms with Crippen LogP contribution in [-0.4, -0.2) is 5.78 Å². The van der Waals surface area contributed by atoms with E-state index in [-0.39, 0.29) is 16.4 Å². The molecule has 20 heavy (non-hydrogen) atoms. The third-order valence-electron chi connectivity index (χ3n) is 3.01. The summed E-state index contributed by atoms with van der Waals surface area (Å²) in [4.78, 5) is 12.5. The minimum atomic E-state index is -0.693. The fraction of sp³-hybridized carbons (Fsp3) is 0. The summed E-state index contributed by atoms with van der Waals surface area (Å²) in [5, 5.41) is 2.51. The molecule has 0 unspecified atom stereocenters. The van der Waals surface area contributed by atoms with Gasteiger partial charge in [0, 0.05) is 25.5 Å². The number of thiophene rings is 1. The molecule has 0 saturated heterocycles. The van der Waals surface area contributed by atoms with Gasteiger partial charge in [0.15, 0.2) is 11.6 Å². The van der Waals surface area contributed by atoms with Crippen molar-refractivity contribution < 1.29 is 9.18 Å². The Morgan fingerprint density at radius 2 is 1.90 bits per heavy atom. The molecule has 0 saturated carbocycles. The largest absolute Gasteiger partial charge is 0.288 e. The zero-order valence-electron chi connectivity index (χ0n) is 9.99. The highest BCUT2D eigenvalue weighted by molar-refractivity contribution is 9.10. The molecular formula is C15H7BrClFOS. The minimum absolute atomic E-state index is 0.0123. The van der Waals surface area contributed by atoms with Crippen LogP contribution in [0.2, 0.25) is 5.02 Å². The van der Waals surface area contributed by atoms with E-state index >= 15 is 0 Å². The Morgan fingerprint density at radius 1 is 1.15 bits per heavy atom. The maximum absolute atomic E-state index is 14.1. The van der Waals surface area contributed by atoms with Gasteiger partial charge in [-0.1, -0.05) is 29.8 Å². The van der Waals surface area contributed by atoms with Gasteiger partial charge in [0.05, 0.1) is 10.6 Å². The van der Waals surface area contributed by atoms with Crippen molar-refractivity contribution in [3.05, 3.63) is 68.2 Å². The van der Waals surface area contributed by atoms with Crippen LogP contribution in [0.1, 0.15) is 15.9 Å². The first-order chi connectivity index (χ1) is 9.59. The van der Waals surface area contributed by atoms with Crippen molar-refractivity contribution in [3.8, 4) is 0 Å². The van der Waals surface area contributed by atoms with Crippen molar-refractivity contribution in [1.29, 1.82) is 0 Å². The topological polar surface area (TPSA) is 17.1 Å². The van der Waals surface area contributed by atoms with Crippen molar-refractivity contribution >= 4 is 54.7 Å². The number of fused-ring (bicyclic) bond motifs is 1. The molecule has 0 aliphatic rings. The first-order valence-corrected chi connectivity index (χ1v) is 7.79. The summed E-state index contributed by atoms with van der Waals surface area (Å²) in [6.45, 7) is 0. The third-order valence-corrected chi connectivity index (χ3v) is 5.23. The van der Waals surface area contributed by atoms with E-state index in [0.29, 0.717) is 10.0 Å². The number of halogens is 3. The molecule has 100 valence electrons. The zero-order chi connectivity index (χ0) is 14.3. The van der Waals surface area contributed by atoms with Crippen LogP contribution in [0.25, 0.3) is 10.1 Å². The Kier molecular flexibility index (Phi) is 3.63. The number of hydrogen-bond acceptors (Lipinski definition) is 2. The molecule has 0 radical (unpaired) electrons. The van der Waals surface area contributed by atoms with Crippen molar-refractivity contribution in [2.45, 2.75) is 0 Å². The third kappa shape index (κ3) is 2.18. The Hall–Kier alpha value is -1.23. The summed E-state index contributed by atoms with van der Waals surface area (Å²) >= 11 is 10.4. The molecular weight excluding hydrogens is 363 g/mol. The van der Waals surface area contributed by atoms with E-state index < -0.39 is 5.82 Å². The molecule has 0 aliphatic heterocycles. The standard InChI is InChI=1S/C15H7BrClFOS/c16-11-6-5-9(14(18)13(11)17)15(19)10-7-20-12-4-2-1-3-8(10)12/h1-7H. The Bertz CT molecular complexity index is 828. The van der Waals surface area contributed by atoms with Crippen LogP contribution in [0, 0.1) is 5.82 Å². The number of ketones is 1. The summed E-state index contributed by atoms with van der Waals surface area (Å²) in [5.74, 6) is -1.05. The van der Waals surface area contributed by atoms with Crippen molar-refractivity contribution in [3.63, 3.8) is 0 Å². The van der Waals surface area contributed by atoms with Crippen molar-refractivity contribution in [2.75, 3.05) is 0 Å². The van der Waals surface area contributed by atoms with Crippen LogP contribution in [0.3, 0.4) is 0 Å². The normalized spacial score (nSPS) is 10.9. The molecule has 0 bridgehead atoms. The zero-order valence-corrected chi connectivity index (χ0v) is 13.2. The molecule has 0 atom stereocenters. The maximum atomic E-state index is 14.1. The SMILES string of the molecule is O=C(c1ccc(Br)c(Cl)c1F)c1csc2ccccc12. The highest BCUT2D eigenvalue weighted by Crippen LogP contribution is 2.32. The van der Waals surface area contributed by atoms with E-state index in [1.807, 2.05) is 24.3 Å². The molecule has 5 heteroatoms. The number of benzene rings is 2. The molecule has 1 nitrogen and oxygen atoms in total. The predicted octanol–water partition coefficient (Wildman–Crippen LogP) is 5.69. The van der Waals surface area contributed by atoms with Crippen LogP contribution in [0.15, 0.2) is 46.3 Å². The molecule has 0 amide bonds. The van der Waals surface area contributed by atoms with Gasteiger partial charge >= 0.3 is 0 Å². The number of rotatable bonds is 2. The van der Waals surface area contributed by atoms with Crippen LogP contribution in [0.4, 0.5) is 4.39 Å². The molecule has 0 N–H and O–H groups in total. The van der Waals surface area contributed by atoms with Gasteiger partial charge in [0.2, 0.25) is 0 Å². The van der Waals surface area contributed by atoms with Gasteiger partial charge in [-0.05, 0) is 34.1 Å². The van der Waals surface area contributed by atoms with Gasteiger partial charge in [-0.3, -0.25) is 4.79 Å². The van der Waals surface area contributed by atoms with E-state index in [1.165, 1.54) is 17.4 Å². The summed E-state index contributed by atoms with van der Waals surface area (Å²) in [7, 11) is 0. The summed E-state index contributed by atoms with van der Waals surface area (Å²) in [6, 6.07) is 10.6. The van der Waals surface area contributed by atoms with E-state index in [0.717, 1.165) is 10.1 Å². The first kappa shape index (κ1) is 13.7. The van der Waals surface area contributed by atoms with Gasteiger partial charge in [0.25, 0.3) is 0 Å². The minimum Gasteiger partial charge on any atom is -0.288 e. The van der Waals surface area contributed by atoms with Crippen LogP contribution in [-0.2, 0) is 0 Å². The average molecular weight is 370 g/mol. The molecule has 0 aliphatic carbocycles. The van der Waals surface area contributed by atoms with Crippen LogP contribution >= 0.6 is 38.9 Å². The van der Waals surface area contributed by atoms with E-state index in [1.54, 1.807) is 11.4 Å². The lowest BCUT2D eigenvalue weighted by atomic mass is 10.0. The van der Waals surface area contributed by atoms with Crippen molar-refractivity contribution in [1.82, 2.24) is 0 Å². The predicted molar refractivity (Wildman–Crippen MR) is 84.4 cm³/mol. The fourth-order valence-corrected chi connectivity index (χ4v) is 3.41. The summed E-state index contributed by atoms with van der Waals surface area (Å²) in [5.41, 5.74) is 0.490. The molecule has 1 heterocycles. The molecule has 3 rings (SSSR count). The second-order valence-electron chi connectivity index (χ2n) is 4.20. The molecule has 0 fully saturated rings.